The normalized spacial score (nSPS) is 10.1. The van der Waals surface area contributed by atoms with Crippen LogP contribution in [0.5, 0.6) is 0 Å². The maximum Gasteiger partial charge on any atom is 0.314 e. The minimum absolute atomic E-state index is 0.00606. The number of hydrogen-bond donors (Lipinski definition) is 1. The Bertz CT molecular complexity index is 368. The van der Waals surface area contributed by atoms with Gasteiger partial charge < -0.3 is 10.0 Å². The van der Waals surface area contributed by atoms with E-state index in [1.54, 1.807) is 24.9 Å². The molecule has 0 aliphatic carbocycles. The molecule has 0 amide bonds. The summed E-state index contributed by atoms with van der Waals surface area (Å²) in [4.78, 5) is 15.9. The molecular weight excluding hydrogens is 198 g/mol. The van der Waals surface area contributed by atoms with Crippen molar-refractivity contribution in [1.29, 1.82) is 0 Å². The highest BCUT2D eigenvalue weighted by molar-refractivity contribution is 5.60. The molecule has 82 valence electrons. The van der Waals surface area contributed by atoms with Crippen LogP contribution in [-0.2, 0) is 0 Å². The summed E-state index contributed by atoms with van der Waals surface area (Å²) < 4.78 is 0. The van der Waals surface area contributed by atoms with Crippen LogP contribution in [0, 0.1) is 17.0 Å². The van der Waals surface area contributed by atoms with Crippen molar-refractivity contribution < 1.29 is 10.0 Å². The molecule has 0 aliphatic heterocycles. The van der Waals surface area contributed by atoms with Crippen LogP contribution in [0.2, 0.25) is 0 Å². The molecule has 1 N–H and O–H groups in total. The summed E-state index contributed by atoms with van der Waals surface area (Å²) in [5.74, 6) is 0.286. The number of rotatable bonds is 4. The van der Waals surface area contributed by atoms with E-state index in [2.05, 4.69) is 4.98 Å². The highest BCUT2D eigenvalue weighted by Crippen LogP contribution is 2.27. The van der Waals surface area contributed by atoms with Crippen LogP contribution < -0.4 is 4.90 Å². The van der Waals surface area contributed by atoms with Gasteiger partial charge in [-0.15, -0.1) is 0 Å². The van der Waals surface area contributed by atoms with Crippen LogP contribution in [0.15, 0.2) is 12.3 Å². The third-order valence-corrected chi connectivity index (χ3v) is 2.09. The SMILES string of the molecule is Cc1ccnc(N(C)CCO)c1[N+](=O)[O-]. The lowest BCUT2D eigenvalue weighted by molar-refractivity contribution is -0.384. The van der Waals surface area contributed by atoms with E-state index in [9.17, 15) is 10.1 Å². The van der Waals surface area contributed by atoms with Gasteiger partial charge >= 0.3 is 5.69 Å². The van der Waals surface area contributed by atoms with E-state index in [0.717, 1.165) is 0 Å². The van der Waals surface area contributed by atoms with Gasteiger partial charge in [0.1, 0.15) is 0 Å². The van der Waals surface area contributed by atoms with Crippen LogP contribution in [0.4, 0.5) is 11.5 Å². The van der Waals surface area contributed by atoms with E-state index < -0.39 is 4.92 Å². The molecule has 1 aromatic heterocycles. The van der Waals surface area contributed by atoms with E-state index in [0.29, 0.717) is 12.1 Å². The van der Waals surface area contributed by atoms with Gasteiger partial charge in [0.2, 0.25) is 5.82 Å². The van der Waals surface area contributed by atoms with Gasteiger partial charge in [0.15, 0.2) is 0 Å². The number of aliphatic hydroxyl groups excluding tert-OH is 1. The molecule has 0 bridgehead atoms. The second kappa shape index (κ2) is 4.70. The van der Waals surface area contributed by atoms with Gasteiger partial charge in [0.05, 0.1) is 11.5 Å². The van der Waals surface area contributed by atoms with Crippen molar-refractivity contribution in [3.63, 3.8) is 0 Å². The highest BCUT2D eigenvalue weighted by Gasteiger charge is 2.20. The number of hydrogen-bond acceptors (Lipinski definition) is 5. The predicted octanol–water partition coefficient (Wildman–Crippen LogP) is 0.727. The van der Waals surface area contributed by atoms with Gasteiger partial charge in [-0.25, -0.2) is 4.98 Å². The molecule has 1 heterocycles. The lowest BCUT2D eigenvalue weighted by Crippen LogP contribution is -2.23. The monoisotopic (exact) mass is 211 g/mol. The molecule has 0 unspecified atom stereocenters. The average Bonchev–Trinajstić information content (AvgIpc) is 2.17. The lowest BCUT2D eigenvalue weighted by Gasteiger charge is -2.16. The summed E-state index contributed by atoms with van der Waals surface area (Å²) in [6.07, 6.45) is 1.52. The number of aryl methyl sites for hydroxylation is 1. The molecular formula is C9H13N3O3. The molecule has 1 aromatic rings. The first kappa shape index (κ1) is 11.4. The Morgan fingerprint density at radius 2 is 2.33 bits per heavy atom. The Morgan fingerprint density at radius 1 is 1.67 bits per heavy atom. The highest BCUT2D eigenvalue weighted by atomic mass is 16.6. The number of nitrogens with zero attached hydrogens (tertiary/aromatic N) is 3. The quantitative estimate of drug-likeness (QED) is 0.586. The summed E-state index contributed by atoms with van der Waals surface area (Å²) in [5, 5.41) is 19.6. The average molecular weight is 211 g/mol. The van der Waals surface area contributed by atoms with Gasteiger partial charge in [-0.2, -0.15) is 0 Å². The fourth-order valence-electron chi connectivity index (χ4n) is 1.30. The molecule has 1 rings (SSSR count). The molecule has 0 saturated carbocycles. The van der Waals surface area contributed by atoms with Gasteiger partial charge in [0, 0.05) is 25.4 Å². The van der Waals surface area contributed by atoms with Crippen LogP contribution >= 0.6 is 0 Å². The molecule has 0 aliphatic rings. The minimum atomic E-state index is -0.453. The molecule has 6 heteroatoms. The van der Waals surface area contributed by atoms with Crippen LogP contribution in [-0.4, -0.2) is 35.2 Å². The van der Waals surface area contributed by atoms with E-state index >= 15 is 0 Å². The second-order valence-corrected chi connectivity index (χ2v) is 3.20. The number of nitro groups is 1. The lowest BCUT2D eigenvalue weighted by atomic mass is 10.2. The number of aromatic nitrogens is 1. The number of likely N-dealkylation sites (N-methyl/N-ethyl adjacent to an activating group) is 1. The zero-order chi connectivity index (χ0) is 11.4. The fraction of sp³-hybridized carbons (Fsp3) is 0.444. The second-order valence-electron chi connectivity index (χ2n) is 3.20. The fourth-order valence-corrected chi connectivity index (χ4v) is 1.30. The largest absolute Gasteiger partial charge is 0.395 e. The van der Waals surface area contributed by atoms with Crippen LogP contribution in [0.3, 0.4) is 0 Å². The first-order valence-electron chi connectivity index (χ1n) is 4.50. The molecule has 0 spiro atoms. The van der Waals surface area contributed by atoms with Gasteiger partial charge in [-0.1, -0.05) is 0 Å². The summed E-state index contributed by atoms with van der Waals surface area (Å²) in [6, 6.07) is 1.59. The maximum atomic E-state index is 10.8. The van der Waals surface area contributed by atoms with E-state index in [4.69, 9.17) is 5.11 Å². The summed E-state index contributed by atoms with van der Waals surface area (Å²) in [5.41, 5.74) is 0.559. The number of aliphatic hydroxyl groups is 1. The predicted molar refractivity (Wildman–Crippen MR) is 56.0 cm³/mol. The summed E-state index contributed by atoms with van der Waals surface area (Å²) in [6.45, 7) is 1.91. The van der Waals surface area contributed by atoms with Crippen molar-refractivity contribution in [1.82, 2.24) is 4.98 Å². The van der Waals surface area contributed by atoms with Crippen molar-refractivity contribution in [2.45, 2.75) is 6.92 Å². The Labute approximate surface area is 87.3 Å². The van der Waals surface area contributed by atoms with E-state index in [1.165, 1.54) is 6.20 Å². The minimum Gasteiger partial charge on any atom is -0.395 e. The molecule has 0 saturated heterocycles. The first-order chi connectivity index (χ1) is 7.07. The number of pyridine rings is 1. The van der Waals surface area contributed by atoms with Crippen molar-refractivity contribution in [3.05, 3.63) is 27.9 Å². The number of anilines is 1. The van der Waals surface area contributed by atoms with Crippen molar-refractivity contribution >= 4 is 11.5 Å². The maximum absolute atomic E-state index is 10.8. The van der Waals surface area contributed by atoms with Gasteiger partial charge in [-0.05, 0) is 13.0 Å². The Morgan fingerprint density at radius 3 is 2.87 bits per heavy atom. The Kier molecular flexibility index (Phi) is 3.56. The summed E-state index contributed by atoms with van der Waals surface area (Å²) >= 11 is 0. The molecule has 15 heavy (non-hydrogen) atoms. The zero-order valence-corrected chi connectivity index (χ0v) is 8.67. The van der Waals surface area contributed by atoms with Crippen molar-refractivity contribution in [3.8, 4) is 0 Å². The Hall–Kier alpha value is -1.69. The standard InChI is InChI=1S/C9H13N3O3/c1-7-3-4-10-9(8(7)12(14)15)11(2)5-6-13/h3-4,13H,5-6H2,1-2H3. The Balaban J connectivity index is 3.16. The molecule has 0 atom stereocenters. The topological polar surface area (TPSA) is 79.5 Å². The third kappa shape index (κ3) is 2.41. The third-order valence-electron chi connectivity index (χ3n) is 2.09. The molecule has 0 fully saturated rings. The zero-order valence-electron chi connectivity index (χ0n) is 8.67. The smallest absolute Gasteiger partial charge is 0.314 e. The van der Waals surface area contributed by atoms with Crippen molar-refractivity contribution in [2.75, 3.05) is 25.1 Å². The van der Waals surface area contributed by atoms with Gasteiger partial charge in [-0.3, -0.25) is 10.1 Å². The van der Waals surface area contributed by atoms with Crippen LogP contribution in [0.1, 0.15) is 5.56 Å². The van der Waals surface area contributed by atoms with Gasteiger partial charge in [0.25, 0.3) is 0 Å². The summed E-state index contributed by atoms with van der Waals surface area (Å²) in [7, 11) is 1.66. The van der Waals surface area contributed by atoms with E-state index in [-0.39, 0.29) is 18.1 Å². The molecule has 0 radical (unpaired) electrons. The van der Waals surface area contributed by atoms with Crippen LogP contribution in [0.25, 0.3) is 0 Å². The van der Waals surface area contributed by atoms with E-state index in [1.807, 2.05) is 0 Å². The van der Waals surface area contributed by atoms with Crippen molar-refractivity contribution in [2.24, 2.45) is 0 Å². The molecule has 6 nitrogen and oxygen atoms in total. The first-order valence-corrected chi connectivity index (χ1v) is 4.50. The molecule has 0 aromatic carbocycles.